The molecule has 0 aromatic heterocycles. The van der Waals surface area contributed by atoms with Crippen LogP contribution >= 0.6 is 58.0 Å². The van der Waals surface area contributed by atoms with Gasteiger partial charge in [0.2, 0.25) is 0 Å². The summed E-state index contributed by atoms with van der Waals surface area (Å²) >= 11 is 30.4. The van der Waals surface area contributed by atoms with Gasteiger partial charge in [-0.1, -0.05) is 84.2 Å². The molecule has 8 heteroatoms. The van der Waals surface area contributed by atoms with Gasteiger partial charge in [0.05, 0.1) is 15.1 Å². The second-order valence-corrected chi connectivity index (χ2v) is 10.5. The Balaban J connectivity index is 2.81. The fourth-order valence-corrected chi connectivity index (χ4v) is 4.51. The van der Waals surface area contributed by atoms with Crippen LogP contribution in [0.1, 0.15) is 32.6 Å². The number of hydrogen-bond donors (Lipinski definition) is 0. The van der Waals surface area contributed by atoms with E-state index in [1.807, 2.05) is 13.1 Å². The number of rotatable bonds is 8. The molecule has 2 nitrogen and oxygen atoms in total. The van der Waals surface area contributed by atoms with Crippen molar-refractivity contribution in [2.75, 3.05) is 6.61 Å². The van der Waals surface area contributed by atoms with Crippen LogP contribution in [0, 0.1) is 0 Å². The van der Waals surface area contributed by atoms with E-state index in [0.29, 0.717) is 6.61 Å². The van der Waals surface area contributed by atoms with Gasteiger partial charge in [-0.15, -0.1) is 0 Å². The summed E-state index contributed by atoms with van der Waals surface area (Å²) in [6.45, 7) is 6.63. The largest absolute Gasteiger partial charge is 0.518 e. The number of hydrogen-bond acceptors (Lipinski definition) is 2. The molecule has 0 saturated carbocycles. The summed E-state index contributed by atoms with van der Waals surface area (Å²) in [4.78, 5) is 0. The molecule has 0 spiro atoms. The molecular weight excluding hydrogens is 406 g/mol. The van der Waals surface area contributed by atoms with Gasteiger partial charge in [-0.25, -0.2) is 0 Å². The Hall–Kier alpha value is 0.647. The molecule has 0 N–H and O–H groups in total. The number of benzene rings is 1. The maximum atomic E-state index is 6.17. The predicted octanol–water partition coefficient (Wildman–Crippen LogP) is 7.63. The van der Waals surface area contributed by atoms with E-state index in [1.165, 1.54) is 12.8 Å². The highest BCUT2D eigenvalue weighted by atomic mass is 35.5. The van der Waals surface area contributed by atoms with E-state index >= 15 is 0 Å². The molecule has 1 rings (SSSR count). The van der Waals surface area contributed by atoms with E-state index in [4.69, 9.17) is 66.9 Å². The molecule has 0 radical (unpaired) electrons. The highest BCUT2D eigenvalue weighted by Crippen LogP contribution is 2.48. The third kappa shape index (κ3) is 5.62. The van der Waals surface area contributed by atoms with Crippen LogP contribution in [0.5, 0.6) is 5.75 Å². The summed E-state index contributed by atoms with van der Waals surface area (Å²) in [6, 6.07) is 0. The first-order valence-electron chi connectivity index (χ1n) is 7.05. The van der Waals surface area contributed by atoms with Crippen molar-refractivity contribution in [1.82, 2.24) is 0 Å². The fourth-order valence-electron chi connectivity index (χ4n) is 1.80. The van der Waals surface area contributed by atoms with Crippen LogP contribution < -0.4 is 4.43 Å². The molecule has 0 aliphatic heterocycles. The molecule has 0 bridgehead atoms. The lowest BCUT2D eigenvalue weighted by Gasteiger charge is -2.26. The minimum absolute atomic E-state index is 0.116. The van der Waals surface area contributed by atoms with Gasteiger partial charge < -0.3 is 8.85 Å². The Morgan fingerprint density at radius 3 is 1.77 bits per heavy atom. The van der Waals surface area contributed by atoms with E-state index in [2.05, 4.69) is 6.92 Å². The smallest absolute Gasteiger partial charge is 0.392 e. The quantitative estimate of drug-likeness (QED) is 0.185. The lowest BCUT2D eigenvalue weighted by Crippen LogP contribution is -2.39. The zero-order valence-corrected chi connectivity index (χ0v) is 17.5. The van der Waals surface area contributed by atoms with Gasteiger partial charge in [-0.3, -0.25) is 0 Å². The molecule has 22 heavy (non-hydrogen) atoms. The Morgan fingerprint density at radius 2 is 1.27 bits per heavy atom. The van der Waals surface area contributed by atoms with Crippen molar-refractivity contribution in [3.05, 3.63) is 25.1 Å². The fraction of sp³-hybridized carbons (Fsp3) is 0.571. The Bertz CT molecular complexity index is 493. The summed E-state index contributed by atoms with van der Waals surface area (Å²) in [7, 11) is -2.46. The standard InChI is InChI=1S/C14H19Cl5O2Si/c1-4-5-6-7-8-20-22(2,3)21-14-12(18)10(16)9(15)11(17)13(14)19/h4-8H2,1-3H3. The number of halogens is 5. The Morgan fingerprint density at radius 1 is 0.773 bits per heavy atom. The van der Waals surface area contributed by atoms with Crippen LogP contribution in [0.25, 0.3) is 0 Å². The minimum Gasteiger partial charge on any atom is -0.518 e. The normalized spacial score (nSPS) is 11.8. The monoisotopic (exact) mass is 422 g/mol. The maximum absolute atomic E-state index is 6.17. The molecule has 126 valence electrons. The zero-order valence-electron chi connectivity index (χ0n) is 12.7. The van der Waals surface area contributed by atoms with Gasteiger partial charge in [-0.2, -0.15) is 0 Å². The van der Waals surface area contributed by atoms with Crippen molar-refractivity contribution in [3.8, 4) is 5.75 Å². The van der Waals surface area contributed by atoms with Gasteiger partial charge in [0.25, 0.3) is 0 Å². The second kappa shape index (κ2) is 9.21. The zero-order chi connectivity index (χ0) is 16.9. The van der Waals surface area contributed by atoms with Crippen molar-refractivity contribution >= 4 is 66.6 Å². The van der Waals surface area contributed by atoms with Crippen molar-refractivity contribution in [2.24, 2.45) is 0 Å². The molecule has 0 heterocycles. The van der Waals surface area contributed by atoms with Gasteiger partial charge in [0, 0.05) is 6.61 Å². The first kappa shape index (κ1) is 20.7. The van der Waals surface area contributed by atoms with Crippen LogP contribution in [0.2, 0.25) is 38.2 Å². The van der Waals surface area contributed by atoms with Crippen LogP contribution in [0.15, 0.2) is 0 Å². The molecule has 1 aromatic rings. The van der Waals surface area contributed by atoms with E-state index in [9.17, 15) is 0 Å². The third-order valence-corrected chi connectivity index (χ3v) is 6.80. The lowest BCUT2D eigenvalue weighted by molar-refractivity contribution is 0.241. The van der Waals surface area contributed by atoms with Gasteiger partial charge in [0.15, 0.2) is 0 Å². The molecule has 0 fully saturated rings. The first-order chi connectivity index (χ1) is 10.2. The van der Waals surface area contributed by atoms with E-state index in [0.717, 1.165) is 12.8 Å². The van der Waals surface area contributed by atoms with Crippen LogP contribution in [0.4, 0.5) is 0 Å². The first-order valence-corrected chi connectivity index (χ1v) is 11.8. The van der Waals surface area contributed by atoms with Crippen molar-refractivity contribution < 1.29 is 8.85 Å². The molecular formula is C14H19Cl5O2Si. The number of unbranched alkanes of at least 4 members (excludes halogenated alkanes) is 3. The lowest BCUT2D eigenvalue weighted by atomic mass is 10.2. The molecule has 1 aromatic carbocycles. The molecule has 0 aliphatic rings. The minimum atomic E-state index is -2.46. The van der Waals surface area contributed by atoms with Crippen molar-refractivity contribution in [1.29, 1.82) is 0 Å². The van der Waals surface area contributed by atoms with E-state index in [-0.39, 0.29) is 30.9 Å². The molecule has 0 aliphatic carbocycles. The van der Waals surface area contributed by atoms with Gasteiger partial charge in [0.1, 0.15) is 15.8 Å². The Kier molecular flexibility index (Phi) is 8.67. The SMILES string of the molecule is CCCCCCO[Si](C)(C)Oc1c(Cl)c(Cl)c(Cl)c(Cl)c1Cl. The van der Waals surface area contributed by atoms with Crippen LogP contribution in [-0.2, 0) is 4.43 Å². The molecule has 0 amide bonds. The highest BCUT2D eigenvalue weighted by Gasteiger charge is 2.31. The summed E-state index contributed by atoms with van der Waals surface area (Å²) in [5.74, 6) is 0.230. The van der Waals surface area contributed by atoms with Crippen LogP contribution in [-0.4, -0.2) is 15.2 Å². The summed E-state index contributed by atoms with van der Waals surface area (Å²) in [5, 5.41) is 0.666. The maximum Gasteiger partial charge on any atom is 0.392 e. The van der Waals surface area contributed by atoms with Gasteiger partial charge in [-0.05, 0) is 19.5 Å². The average Bonchev–Trinajstić information content (AvgIpc) is 2.47. The summed E-state index contributed by atoms with van der Waals surface area (Å²) < 4.78 is 11.8. The molecule has 0 saturated heterocycles. The summed E-state index contributed by atoms with van der Waals surface area (Å²) in [5.41, 5.74) is 0. The average molecular weight is 425 g/mol. The Labute approximate surface area is 158 Å². The second-order valence-electron chi connectivity index (χ2n) is 5.31. The van der Waals surface area contributed by atoms with Crippen molar-refractivity contribution in [2.45, 2.75) is 45.7 Å². The third-order valence-electron chi connectivity index (χ3n) is 2.96. The van der Waals surface area contributed by atoms with E-state index < -0.39 is 8.56 Å². The predicted molar refractivity (Wildman–Crippen MR) is 99.7 cm³/mol. The van der Waals surface area contributed by atoms with E-state index in [1.54, 1.807) is 0 Å². The molecule has 0 atom stereocenters. The topological polar surface area (TPSA) is 18.5 Å². The van der Waals surface area contributed by atoms with Gasteiger partial charge >= 0.3 is 8.56 Å². The molecule has 0 unspecified atom stereocenters. The summed E-state index contributed by atoms with van der Waals surface area (Å²) in [6.07, 6.45) is 4.52. The van der Waals surface area contributed by atoms with Crippen molar-refractivity contribution in [3.63, 3.8) is 0 Å². The van der Waals surface area contributed by atoms with Crippen LogP contribution in [0.3, 0.4) is 0 Å². The highest BCUT2D eigenvalue weighted by molar-refractivity contribution is 6.66.